The molecule has 0 unspecified atom stereocenters. The van der Waals surface area contributed by atoms with E-state index in [0.717, 1.165) is 36.0 Å². The molecule has 5 rings (SSSR count). The molecule has 1 aliphatic carbocycles. The fraction of sp³-hybridized carbons (Fsp3) is 0.286. The number of carbonyl (C=O) groups is 1. The van der Waals surface area contributed by atoms with Crippen LogP contribution in [-0.4, -0.2) is 25.2 Å². The smallest absolute Gasteiger partial charge is 0.228 e. The Morgan fingerprint density at radius 2 is 1.82 bits per heavy atom. The number of nitriles is 1. The lowest BCUT2D eigenvalue weighted by atomic mass is 10.0. The Morgan fingerprint density at radius 1 is 1.03 bits per heavy atom. The van der Waals surface area contributed by atoms with Crippen molar-refractivity contribution in [2.45, 2.75) is 31.3 Å². The first kappa shape index (κ1) is 22.1. The highest BCUT2D eigenvalue weighted by Crippen LogP contribution is 2.48. The van der Waals surface area contributed by atoms with Crippen LogP contribution >= 0.6 is 0 Å². The maximum Gasteiger partial charge on any atom is 0.228 e. The van der Waals surface area contributed by atoms with Crippen LogP contribution < -0.4 is 10.1 Å². The minimum Gasteiger partial charge on any atom is -0.489 e. The zero-order valence-corrected chi connectivity index (χ0v) is 18.7. The normalized spacial score (nSPS) is 19.8. The first-order chi connectivity index (χ1) is 16.6. The summed E-state index contributed by atoms with van der Waals surface area (Å²) in [6, 6.07) is 21.8. The van der Waals surface area contributed by atoms with Gasteiger partial charge in [0, 0.05) is 24.4 Å². The Hall–Kier alpha value is -3.69. The Bertz CT molecular complexity index is 1250. The van der Waals surface area contributed by atoms with Crippen molar-refractivity contribution in [3.63, 3.8) is 0 Å². The molecule has 1 saturated heterocycles. The summed E-state index contributed by atoms with van der Waals surface area (Å²) in [6.45, 7) is 1.35. The molecule has 1 N–H and O–H groups in total. The minimum atomic E-state index is -0.280. The Balaban J connectivity index is 1.27. The van der Waals surface area contributed by atoms with E-state index in [-0.39, 0.29) is 29.7 Å². The molecule has 5 nitrogen and oxygen atoms in total. The van der Waals surface area contributed by atoms with Gasteiger partial charge in [-0.2, -0.15) is 5.26 Å². The molecule has 0 radical (unpaired) electrons. The first-order valence-corrected chi connectivity index (χ1v) is 11.6. The fourth-order valence-corrected chi connectivity index (χ4v) is 4.47. The van der Waals surface area contributed by atoms with E-state index in [1.807, 2.05) is 48.5 Å². The van der Waals surface area contributed by atoms with Crippen molar-refractivity contribution in [1.82, 2.24) is 0 Å². The molecule has 1 heterocycles. The molecule has 3 aromatic rings. The summed E-state index contributed by atoms with van der Waals surface area (Å²) in [5, 5.41) is 12.6. The van der Waals surface area contributed by atoms with Gasteiger partial charge in [0.05, 0.1) is 18.8 Å². The first-order valence-electron chi connectivity index (χ1n) is 11.6. The van der Waals surface area contributed by atoms with Crippen LogP contribution in [0, 0.1) is 23.1 Å². The maximum atomic E-state index is 13.5. The Kier molecular flexibility index (Phi) is 6.29. The molecule has 2 atom stereocenters. The van der Waals surface area contributed by atoms with Crippen LogP contribution in [0.2, 0.25) is 0 Å². The maximum absolute atomic E-state index is 13.5. The molecule has 2 fully saturated rings. The Morgan fingerprint density at radius 3 is 2.62 bits per heavy atom. The number of nitrogens with one attached hydrogen (secondary N) is 1. The fourth-order valence-electron chi connectivity index (χ4n) is 4.47. The number of ether oxygens (including phenoxy) is 2. The zero-order chi connectivity index (χ0) is 23.5. The molecule has 1 aliphatic heterocycles. The van der Waals surface area contributed by atoms with Crippen molar-refractivity contribution in [2.75, 3.05) is 18.5 Å². The van der Waals surface area contributed by atoms with Crippen LogP contribution in [-0.2, 0) is 9.53 Å². The second-order valence-corrected chi connectivity index (χ2v) is 8.83. The monoisotopic (exact) mass is 456 g/mol. The van der Waals surface area contributed by atoms with Crippen LogP contribution in [0.25, 0.3) is 11.1 Å². The third-order valence-corrected chi connectivity index (χ3v) is 6.43. The molecule has 1 amide bonds. The number of amides is 1. The largest absolute Gasteiger partial charge is 0.489 e. The summed E-state index contributed by atoms with van der Waals surface area (Å²) in [4.78, 5) is 12.8. The number of hydrogen-bond acceptors (Lipinski definition) is 4. The molecule has 1 saturated carbocycles. The van der Waals surface area contributed by atoms with Gasteiger partial charge in [-0.05, 0) is 65.4 Å². The van der Waals surface area contributed by atoms with Gasteiger partial charge in [-0.15, -0.1) is 0 Å². The van der Waals surface area contributed by atoms with Gasteiger partial charge in [0.2, 0.25) is 5.91 Å². The minimum absolute atomic E-state index is 0.0559. The Labute approximate surface area is 198 Å². The number of anilines is 1. The number of hydrogen-bond donors (Lipinski definition) is 1. The van der Waals surface area contributed by atoms with Crippen molar-refractivity contribution in [2.24, 2.45) is 5.92 Å². The van der Waals surface area contributed by atoms with E-state index in [9.17, 15) is 14.4 Å². The molecular formula is C28H25FN2O3. The van der Waals surface area contributed by atoms with Gasteiger partial charge in [-0.25, -0.2) is 4.39 Å². The number of nitrogens with zero attached hydrogens (tertiary/aromatic N) is 1. The summed E-state index contributed by atoms with van der Waals surface area (Å²) in [7, 11) is 0. The number of halogens is 1. The summed E-state index contributed by atoms with van der Waals surface area (Å²) in [6.07, 6.45) is 2.41. The van der Waals surface area contributed by atoms with E-state index < -0.39 is 0 Å². The van der Waals surface area contributed by atoms with E-state index in [2.05, 4.69) is 11.4 Å². The third-order valence-electron chi connectivity index (χ3n) is 6.43. The summed E-state index contributed by atoms with van der Waals surface area (Å²) in [5.41, 5.74) is 3.80. The average molecular weight is 457 g/mol. The van der Waals surface area contributed by atoms with Gasteiger partial charge < -0.3 is 14.8 Å². The zero-order valence-electron chi connectivity index (χ0n) is 18.7. The van der Waals surface area contributed by atoms with E-state index in [1.165, 1.54) is 12.1 Å². The average Bonchev–Trinajstić information content (AvgIpc) is 3.67. The van der Waals surface area contributed by atoms with Gasteiger partial charge in [0.15, 0.2) is 0 Å². The van der Waals surface area contributed by atoms with Crippen molar-refractivity contribution < 1.29 is 18.7 Å². The standard InChI is InChI=1S/C28H25FN2O3/c29-22-5-1-4-20(14-22)25-16-26(25)28(32)31-23-6-2-3-18(15-23)19-7-8-27(21(13-19)17-30)34-24-9-11-33-12-10-24/h1-8,13-15,24-26H,9-12,16H2,(H,31,32)/t25-,26+/m1/s1. The summed E-state index contributed by atoms with van der Waals surface area (Å²) >= 11 is 0. The van der Waals surface area contributed by atoms with Crippen LogP contribution in [0.15, 0.2) is 66.7 Å². The van der Waals surface area contributed by atoms with E-state index in [1.54, 1.807) is 6.07 Å². The SMILES string of the molecule is N#Cc1cc(-c2cccc(NC(=O)[C@H]3C[C@@H]3c3cccc(F)c3)c2)ccc1OC1CCOCC1. The molecule has 3 aromatic carbocycles. The van der Waals surface area contributed by atoms with Gasteiger partial charge in [-0.3, -0.25) is 4.79 Å². The van der Waals surface area contributed by atoms with Crippen molar-refractivity contribution in [1.29, 1.82) is 5.26 Å². The molecule has 0 aromatic heterocycles. The highest BCUT2D eigenvalue weighted by Gasteiger charge is 2.44. The number of carbonyl (C=O) groups excluding carboxylic acids is 1. The topological polar surface area (TPSA) is 71.4 Å². The van der Waals surface area contributed by atoms with Crippen LogP contribution in [0.1, 0.15) is 36.3 Å². The van der Waals surface area contributed by atoms with Crippen LogP contribution in [0.5, 0.6) is 5.75 Å². The van der Waals surface area contributed by atoms with Crippen LogP contribution in [0.3, 0.4) is 0 Å². The van der Waals surface area contributed by atoms with Crippen molar-refractivity contribution in [3.05, 3.63) is 83.7 Å². The lowest BCUT2D eigenvalue weighted by molar-refractivity contribution is -0.117. The molecule has 34 heavy (non-hydrogen) atoms. The summed E-state index contributed by atoms with van der Waals surface area (Å²) < 4.78 is 24.9. The molecule has 172 valence electrons. The molecule has 0 spiro atoms. The molecule has 6 heteroatoms. The van der Waals surface area contributed by atoms with Gasteiger partial charge in [0.25, 0.3) is 0 Å². The van der Waals surface area contributed by atoms with Gasteiger partial charge in [-0.1, -0.05) is 30.3 Å². The lowest BCUT2D eigenvalue weighted by Crippen LogP contribution is -2.26. The second-order valence-electron chi connectivity index (χ2n) is 8.83. The van der Waals surface area contributed by atoms with Gasteiger partial charge >= 0.3 is 0 Å². The number of rotatable bonds is 6. The highest BCUT2D eigenvalue weighted by molar-refractivity contribution is 5.95. The third kappa shape index (κ3) is 4.95. The van der Waals surface area contributed by atoms with Crippen molar-refractivity contribution in [3.8, 4) is 22.9 Å². The van der Waals surface area contributed by atoms with Crippen molar-refractivity contribution >= 4 is 11.6 Å². The van der Waals surface area contributed by atoms with Gasteiger partial charge in [0.1, 0.15) is 23.7 Å². The predicted octanol–water partition coefficient (Wildman–Crippen LogP) is 5.66. The molecule has 0 bridgehead atoms. The highest BCUT2D eigenvalue weighted by atomic mass is 19.1. The molecule has 2 aliphatic rings. The lowest BCUT2D eigenvalue weighted by Gasteiger charge is -2.23. The predicted molar refractivity (Wildman–Crippen MR) is 127 cm³/mol. The number of benzene rings is 3. The summed E-state index contributed by atoms with van der Waals surface area (Å²) in [5.74, 6) is 0.138. The van der Waals surface area contributed by atoms with Crippen LogP contribution in [0.4, 0.5) is 10.1 Å². The molecular weight excluding hydrogens is 431 g/mol. The second kappa shape index (κ2) is 9.66. The quantitative estimate of drug-likeness (QED) is 0.519. The van der Waals surface area contributed by atoms with E-state index in [4.69, 9.17) is 9.47 Å². The van der Waals surface area contributed by atoms with E-state index >= 15 is 0 Å². The van der Waals surface area contributed by atoms with E-state index in [0.29, 0.717) is 30.2 Å².